The average molecular weight is 663 g/mol. The third-order valence-electron chi connectivity index (χ3n) is 9.54. The minimum Gasteiger partial charge on any atom is -0.208 e. The van der Waals surface area contributed by atoms with Crippen molar-refractivity contribution in [2.45, 2.75) is 0 Å². The van der Waals surface area contributed by atoms with E-state index in [0.29, 0.717) is 23.0 Å². The molecule has 8 aromatic carbocycles. The Morgan fingerprint density at radius 2 is 0.808 bits per heavy atom. The van der Waals surface area contributed by atoms with E-state index in [1.165, 1.54) is 21.9 Å². The Labute approximate surface area is 302 Å². The topological polar surface area (TPSA) is 62.5 Å². The van der Waals surface area contributed by atoms with Gasteiger partial charge in [-0.2, -0.15) is 5.26 Å². The highest BCUT2D eigenvalue weighted by atomic mass is 15.0. The summed E-state index contributed by atoms with van der Waals surface area (Å²) in [5.41, 5.74) is 9.89. The molecule has 9 aromatic rings. The lowest BCUT2D eigenvalue weighted by molar-refractivity contribution is 1.07. The molecule has 0 N–H and O–H groups in total. The second-order valence-electron chi connectivity index (χ2n) is 12.8. The minimum atomic E-state index is 0.542. The van der Waals surface area contributed by atoms with Crippen molar-refractivity contribution in [1.82, 2.24) is 15.0 Å². The highest BCUT2D eigenvalue weighted by molar-refractivity contribution is 5.95. The molecule has 0 aliphatic heterocycles. The van der Waals surface area contributed by atoms with Crippen molar-refractivity contribution in [3.05, 3.63) is 188 Å². The van der Waals surface area contributed by atoms with Crippen LogP contribution in [0.2, 0.25) is 0 Å². The molecule has 0 atom stereocenters. The quantitative estimate of drug-likeness (QED) is 0.178. The molecule has 52 heavy (non-hydrogen) atoms. The molecule has 0 aliphatic carbocycles. The summed E-state index contributed by atoms with van der Waals surface area (Å²) < 4.78 is 0. The van der Waals surface area contributed by atoms with Gasteiger partial charge in [0, 0.05) is 22.3 Å². The fourth-order valence-corrected chi connectivity index (χ4v) is 6.89. The number of aromatic nitrogens is 3. The van der Waals surface area contributed by atoms with Gasteiger partial charge in [0.05, 0.1) is 11.6 Å². The number of hydrogen-bond acceptors (Lipinski definition) is 4. The number of nitriles is 1. The van der Waals surface area contributed by atoms with Gasteiger partial charge in [-0.3, -0.25) is 0 Å². The van der Waals surface area contributed by atoms with E-state index >= 15 is 0 Å². The number of benzene rings is 8. The van der Waals surface area contributed by atoms with Crippen LogP contribution in [-0.4, -0.2) is 15.0 Å². The molecule has 4 heteroatoms. The van der Waals surface area contributed by atoms with Crippen LogP contribution in [0.3, 0.4) is 0 Å². The van der Waals surface area contributed by atoms with E-state index in [1.807, 2.05) is 24.3 Å². The zero-order valence-corrected chi connectivity index (χ0v) is 28.1. The van der Waals surface area contributed by atoms with Gasteiger partial charge in [-0.15, -0.1) is 0 Å². The summed E-state index contributed by atoms with van der Waals surface area (Å²) in [6.07, 6.45) is 0. The van der Waals surface area contributed by atoms with Crippen molar-refractivity contribution in [2.24, 2.45) is 0 Å². The molecular formula is C48H30N4. The van der Waals surface area contributed by atoms with E-state index in [9.17, 15) is 5.26 Å². The zero-order valence-electron chi connectivity index (χ0n) is 28.1. The number of rotatable bonds is 6. The molecular weight excluding hydrogens is 633 g/mol. The summed E-state index contributed by atoms with van der Waals surface area (Å²) in [7, 11) is 0. The summed E-state index contributed by atoms with van der Waals surface area (Å²) in [5, 5.41) is 14.2. The van der Waals surface area contributed by atoms with Crippen LogP contribution < -0.4 is 0 Å². The number of fused-ring (bicyclic) bond motifs is 2. The first-order chi connectivity index (χ1) is 25.7. The lowest BCUT2D eigenvalue weighted by Crippen LogP contribution is -2.02. The van der Waals surface area contributed by atoms with Gasteiger partial charge in [-0.1, -0.05) is 140 Å². The van der Waals surface area contributed by atoms with Crippen molar-refractivity contribution in [3.63, 3.8) is 0 Å². The van der Waals surface area contributed by atoms with Crippen molar-refractivity contribution >= 4 is 21.5 Å². The Balaban J connectivity index is 1.20. The maximum atomic E-state index is 9.46. The van der Waals surface area contributed by atoms with Gasteiger partial charge in [-0.05, 0) is 91.8 Å². The second-order valence-corrected chi connectivity index (χ2v) is 12.8. The van der Waals surface area contributed by atoms with Crippen molar-refractivity contribution < 1.29 is 0 Å². The zero-order chi connectivity index (χ0) is 34.9. The minimum absolute atomic E-state index is 0.542. The Morgan fingerprint density at radius 3 is 1.48 bits per heavy atom. The Hall–Kier alpha value is -7.22. The molecule has 1 heterocycles. The molecule has 0 saturated heterocycles. The molecule has 1 aromatic heterocycles. The van der Waals surface area contributed by atoms with Gasteiger partial charge in [0.1, 0.15) is 0 Å². The Morgan fingerprint density at radius 1 is 0.327 bits per heavy atom. The van der Waals surface area contributed by atoms with Crippen LogP contribution >= 0.6 is 0 Å². The van der Waals surface area contributed by atoms with Crippen molar-refractivity contribution in [2.75, 3.05) is 0 Å². The normalized spacial score (nSPS) is 11.1. The summed E-state index contributed by atoms with van der Waals surface area (Å²) in [6, 6.07) is 64.8. The average Bonchev–Trinajstić information content (AvgIpc) is 3.23. The van der Waals surface area contributed by atoms with Crippen LogP contribution in [0, 0.1) is 11.3 Å². The Bertz CT molecular complexity index is 2780. The summed E-state index contributed by atoms with van der Waals surface area (Å²) in [5.74, 6) is 1.70. The highest BCUT2D eigenvalue weighted by Gasteiger charge is 2.19. The van der Waals surface area contributed by atoms with Gasteiger partial charge >= 0.3 is 0 Å². The molecule has 0 aliphatic rings. The van der Waals surface area contributed by atoms with Gasteiger partial charge in [0.15, 0.2) is 17.5 Å². The van der Waals surface area contributed by atoms with E-state index in [0.717, 1.165) is 49.7 Å². The van der Waals surface area contributed by atoms with Crippen LogP contribution in [0.15, 0.2) is 182 Å². The van der Waals surface area contributed by atoms with Crippen molar-refractivity contribution in [3.8, 4) is 73.6 Å². The van der Waals surface area contributed by atoms with Gasteiger partial charge < -0.3 is 0 Å². The van der Waals surface area contributed by atoms with Crippen LogP contribution in [0.5, 0.6) is 0 Å². The van der Waals surface area contributed by atoms with E-state index in [1.54, 1.807) is 12.1 Å². The SMILES string of the molecule is N#Cc1ccc(-c2nc(-c3ccc4cc(-c5ccc6ccccc6c5)ccc4c3)nc(-c3cccc(-c4ccccc4)c3-c3ccccc3)n2)cc1. The van der Waals surface area contributed by atoms with Gasteiger partial charge in [0.25, 0.3) is 0 Å². The van der Waals surface area contributed by atoms with E-state index in [2.05, 4.69) is 152 Å². The molecule has 0 unspecified atom stereocenters. The number of hydrogen-bond donors (Lipinski definition) is 0. The summed E-state index contributed by atoms with van der Waals surface area (Å²) >= 11 is 0. The van der Waals surface area contributed by atoms with Crippen molar-refractivity contribution in [1.29, 1.82) is 5.26 Å². The first-order valence-electron chi connectivity index (χ1n) is 17.2. The first kappa shape index (κ1) is 30.8. The van der Waals surface area contributed by atoms with Crippen LogP contribution in [0.4, 0.5) is 0 Å². The third kappa shape index (κ3) is 5.87. The fourth-order valence-electron chi connectivity index (χ4n) is 6.89. The smallest absolute Gasteiger partial charge is 0.164 e. The Kier molecular flexibility index (Phi) is 7.85. The maximum Gasteiger partial charge on any atom is 0.164 e. The van der Waals surface area contributed by atoms with E-state index in [-0.39, 0.29) is 0 Å². The fraction of sp³-hybridized carbons (Fsp3) is 0. The maximum absolute atomic E-state index is 9.46. The first-order valence-corrected chi connectivity index (χ1v) is 17.2. The molecule has 0 spiro atoms. The summed E-state index contributed by atoms with van der Waals surface area (Å²) in [6.45, 7) is 0. The molecule has 0 bridgehead atoms. The molecule has 0 fully saturated rings. The predicted octanol–water partition coefficient (Wildman–Crippen LogP) is 12.1. The molecule has 242 valence electrons. The van der Waals surface area contributed by atoms with Crippen LogP contribution in [0.1, 0.15) is 5.56 Å². The standard InChI is InChI=1S/C48H30N4/c49-31-32-18-20-36(21-19-32)46-50-47(42-27-26-40-29-39(24-25-41(40)30-42)38-23-22-33-10-7-8-15-37(33)28-38)52-48(51-46)44-17-9-16-43(34-11-3-1-4-12-34)45(44)35-13-5-2-6-14-35/h1-30H. The molecule has 0 radical (unpaired) electrons. The van der Waals surface area contributed by atoms with Gasteiger partial charge in [-0.25, -0.2) is 15.0 Å². The van der Waals surface area contributed by atoms with E-state index < -0.39 is 0 Å². The van der Waals surface area contributed by atoms with E-state index in [4.69, 9.17) is 15.0 Å². The highest BCUT2D eigenvalue weighted by Crippen LogP contribution is 2.40. The predicted molar refractivity (Wildman–Crippen MR) is 212 cm³/mol. The lowest BCUT2D eigenvalue weighted by Gasteiger charge is -2.16. The summed E-state index contributed by atoms with van der Waals surface area (Å²) in [4.78, 5) is 15.3. The number of nitrogens with zero attached hydrogens (tertiary/aromatic N) is 4. The molecule has 4 nitrogen and oxygen atoms in total. The third-order valence-corrected chi connectivity index (χ3v) is 9.54. The largest absolute Gasteiger partial charge is 0.208 e. The second kappa shape index (κ2) is 13.2. The van der Waals surface area contributed by atoms with Crippen LogP contribution in [-0.2, 0) is 0 Å². The monoisotopic (exact) mass is 662 g/mol. The molecule has 0 amide bonds. The molecule has 0 saturated carbocycles. The molecule has 9 rings (SSSR count). The van der Waals surface area contributed by atoms with Crippen LogP contribution in [0.25, 0.3) is 89.1 Å². The van der Waals surface area contributed by atoms with Gasteiger partial charge in [0.2, 0.25) is 0 Å². The lowest BCUT2D eigenvalue weighted by atomic mass is 9.90.